The first-order valence-corrected chi connectivity index (χ1v) is 8.01. The molecule has 6 nitrogen and oxygen atoms in total. The van der Waals surface area contributed by atoms with Crippen LogP contribution in [-0.4, -0.2) is 20.9 Å². The van der Waals surface area contributed by atoms with Crippen LogP contribution in [0.5, 0.6) is 11.5 Å². The Hall–Kier alpha value is -2.80. The number of ketones is 1. The van der Waals surface area contributed by atoms with E-state index in [1.54, 1.807) is 24.3 Å². The van der Waals surface area contributed by atoms with Gasteiger partial charge in [0, 0.05) is 16.9 Å². The van der Waals surface area contributed by atoms with Crippen molar-refractivity contribution in [3.8, 4) is 11.5 Å². The largest absolute Gasteiger partial charge is 0.508 e. The summed E-state index contributed by atoms with van der Waals surface area (Å²) in [7, 11) is 0. The van der Waals surface area contributed by atoms with Crippen molar-refractivity contribution in [3.63, 3.8) is 0 Å². The summed E-state index contributed by atoms with van der Waals surface area (Å²) in [4.78, 5) is 23.0. The van der Waals surface area contributed by atoms with Gasteiger partial charge in [-0.05, 0) is 36.2 Å². The lowest BCUT2D eigenvalue weighted by Crippen LogP contribution is -2.00. The highest BCUT2D eigenvalue weighted by Gasteiger charge is 2.26. The third-order valence-corrected chi connectivity index (χ3v) is 5.04. The van der Waals surface area contributed by atoms with Crippen molar-refractivity contribution in [2.45, 2.75) is 11.7 Å². The minimum absolute atomic E-state index is 0.0303. The maximum absolute atomic E-state index is 12.5. The summed E-state index contributed by atoms with van der Waals surface area (Å²) in [5.74, 6) is -0.639. The van der Waals surface area contributed by atoms with Crippen molar-refractivity contribution in [1.82, 2.24) is 0 Å². The van der Waals surface area contributed by atoms with E-state index in [1.807, 2.05) is 6.07 Å². The van der Waals surface area contributed by atoms with Crippen LogP contribution in [0.25, 0.3) is 0 Å². The SMILES string of the molecule is O=C(C1=CCC(c2cccc(O)c2)S1)c1ccc([N+](=O)[O-])c(O)c1. The quantitative estimate of drug-likeness (QED) is 0.495. The molecule has 24 heavy (non-hydrogen) atoms. The number of phenolic OH excluding ortho intramolecular Hbond substituents is 2. The second kappa shape index (κ2) is 6.37. The number of rotatable bonds is 4. The van der Waals surface area contributed by atoms with Gasteiger partial charge in [-0.1, -0.05) is 18.2 Å². The maximum Gasteiger partial charge on any atom is 0.310 e. The number of nitro groups is 1. The average Bonchev–Trinajstić information content (AvgIpc) is 3.03. The number of carbonyl (C=O) groups excluding carboxylic acids is 1. The third kappa shape index (κ3) is 3.11. The summed E-state index contributed by atoms with van der Waals surface area (Å²) in [6.07, 6.45) is 2.45. The minimum Gasteiger partial charge on any atom is -0.508 e. The monoisotopic (exact) mass is 343 g/mol. The van der Waals surface area contributed by atoms with Gasteiger partial charge < -0.3 is 10.2 Å². The molecular formula is C17H13NO5S. The van der Waals surface area contributed by atoms with E-state index in [2.05, 4.69) is 0 Å². The lowest BCUT2D eigenvalue weighted by Gasteiger charge is -2.10. The second-order valence-corrected chi connectivity index (χ2v) is 6.54. The average molecular weight is 343 g/mol. The highest BCUT2D eigenvalue weighted by atomic mass is 32.2. The van der Waals surface area contributed by atoms with Crippen molar-refractivity contribution in [1.29, 1.82) is 0 Å². The Balaban J connectivity index is 1.77. The first-order valence-electron chi connectivity index (χ1n) is 7.13. The number of benzene rings is 2. The van der Waals surface area contributed by atoms with Crippen LogP contribution in [0.15, 0.2) is 53.4 Å². The fourth-order valence-corrected chi connectivity index (χ4v) is 3.70. The smallest absolute Gasteiger partial charge is 0.310 e. The fourth-order valence-electron chi connectivity index (χ4n) is 2.50. The van der Waals surface area contributed by atoms with Crippen molar-refractivity contribution in [3.05, 3.63) is 74.7 Å². The molecular weight excluding hydrogens is 330 g/mol. The molecule has 0 aromatic heterocycles. The first-order chi connectivity index (χ1) is 11.5. The van der Waals surface area contributed by atoms with Crippen LogP contribution in [0.3, 0.4) is 0 Å². The van der Waals surface area contributed by atoms with E-state index in [9.17, 15) is 25.1 Å². The summed E-state index contributed by atoms with van der Waals surface area (Å²) >= 11 is 1.38. The first kappa shape index (κ1) is 16.1. The van der Waals surface area contributed by atoms with Gasteiger partial charge >= 0.3 is 5.69 Å². The molecule has 1 aliphatic heterocycles. The Morgan fingerprint density at radius 3 is 2.67 bits per heavy atom. The van der Waals surface area contributed by atoms with Gasteiger partial charge in [0.05, 0.1) is 9.83 Å². The number of nitrogens with zero attached hydrogens (tertiary/aromatic N) is 1. The van der Waals surface area contributed by atoms with Crippen LogP contribution in [-0.2, 0) is 0 Å². The molecule has 0 radical (unpaired) electrons. The van der Waals surface area contributed by atoms with Crippen LogP contribution in [0, 0.1) is 10.1 Å². The van der Waals surface area contributed by atoms with Crippen molar-refractivity contribution in [2.24, 2.45) is 0 Å². The molecule has 3 rings (SSSR count). The van der Waals surface area contributed by atoms with Gasteiger partial charge in [0.25, 0.3) is 0 Å². The van der Waals surface area contributed by atoms with E-state index < -0.39 is 16.4 Å². The molecule has 0 aliphatic carbocycles. The standard InChI is InChI=1S/C17H13NO5S/c19-12-3-1-2-10(8-12)15-6-7-16(24-15)17(21)11-4-5-13(18(22)23)14(20)9-11/h1-5,7-9,15,19-20H,6H2. The Morgan fingerprint density at radius 1 is 1.21 bits per heavy atom. The second-order valence-electron chi connectivity index (χ2n) is 5.30. The molecule has 0 amide bonds. The van der Waals surface area contributed by atoms with Crippen molar-refractivity contribution in [2.75, 3.05) is 0 Å². The van der Waals surface area contributed by atoms with E-state index in [1.165, 1.54) is 17.8 Å². The number of nitro benzene ring substituents is 1. The predicted octanol–water partition coefficient (Wildman–Crippen LogP) is 3.95. The molecule has 1 heterocycles. The third-order valence-electron chi connectivity index (χ3n) is 3.69. The van der Waals surface area contributed by atoms with E-state index >= 15 is 0 Å². The Morgan fingerprint density at radius 2 is 2.00 bits per heavy atom. The number of Topliss-reactive ketones (excluding diaryl/α,β-unsaturated/α-hetero) is 1. The van der Waals surface area contributed by atoms with E-state index in [-0.39, 0.29) is 22.3 Å². The molecule has 0 spiro atoms. The van der Waals surface area contributed by atoms with Gasteiger partial charge in [-0.25, -0.2) is 0 Å². The summed E-state index contributed by atoms with van der Waals surface area (Å²) in [6, 6.07) is 10.5. The van der Waals surface area contributed by atoms with Crippen molar-refractivity contribution < 1.29 is 19.9 Å². The van der Waals surface area contributed by atoms with Crippen LogP contribution < -0.4 is 0 Å². The topological polar surface area (TPSA) is 101 Å². The molecule has 0 bridgehead atoms. The normalized spacial score (nSPS) is 16.7. The van der Waals surface area contributed by atoms with Crippen LogP contribution in [0.1, 0.15) is 27.6 Å². The predicted molar refractivity (Wildman–Crippen MR) is 90.2 cm³/mol. The maximum atomic E-state index is 12.5. The van der Waals surface area contributed by atoms with Gasteiger partial charge in [0.15, 0.2) is 11.5 Å². The molecule has 1 unspecified atom stereocenters. The van der Waals surface area contributed by atoms with Crippen molar-refractivity contribution >= 4 is 23.2 Å². The minimum atomic E-state index is -0.703. The lowest BCUT2D eigenvalue weighted by molar-refractivity contribution is -0.385. The van der Waals surface area contributed by atoms with E-state index in [4.69, 9.17) is 0 Å². The van der Waals surface area contributed by atoms with Crippen LogP contribution in [0.4, 0.5) is 5.69 Å². The van der Waals surface area contributed by atoms with Crippen LogP contribution >= 0.6 is 11.8 Å². The molecule has 1 aliphatic rings. The number of carbonyl (C=O) groups is 1. The molecule has 7 heteroatoms. The zero-order valence-electron chi connectivity index (χ0n) is 12.4. The number of phenols is 2. The molecule has 122 valence electrons. The number of thioether (sulfide) groups is 1. The van der Waals surface area contributed by atoms with Gasteiger partial charge in [0.2, 0.25) is 0 Å². The zero-order chi connectivity index (χ0) is 17.3. The fraction of sp³-hybridized carbons (Fsp3) is 0.118. The van der Waals surface area contributed by atoms with Gasteiger partial charge in [-0.3, -0.25) is 14.9 Å². The molecule has 2 aromatic rings. The summed E-state index contributed by atoms with van der Waals surface area (Å²) in [6.45, 7) is 0. The molecule has 2 aromatic carbocycles. The molecule has 0 fully saturated rings. The number of allylic oxidation sites excluding steroid dienone is 2. The highest BCUT2D eigenvalue weighted by molar-refractivity contribution is 8.04. The van der Waals surface area contributed by atoms with Gasteiger partial charge in [0.1, 0.15) is 5.75 Å². The lowest BCUT2D eigenvalue weighted by atomic mass is 10.1. The molecule has 0 saturated carbocycles. The number of hydrogen-bond acceptors (Lipinski definition) is 6. The molecule has 0 saturated heterocycles. The summed E-state index contributed by atoms with van der Waals surface area (Å²) < 4.78 is 0. The van der Waals surface area contributed by atoms with E-state index in [0.717, 1.165) is 17.7 Å². The van der Waals surface area contributed by atoms with Gasteiger partial charge in [-0.15, -0.1) is 11.8 Å². The summed E-state index contributed by atoms with van der Waals surface area (Å²) in [5.41, 5.74) is 0.691. The molecule has 2 N–H and O–H groups in total. The number of hydrogen-bond donors (Lipinski definition) is 2. The Bertz CT molecular complexity index is 862. The van der Waals surface area contributed by atoms with E-state index in [0.29, 0.717) is 11.3 Å². The molecule has 1 atom stereocenters. The zero-order valence-corrected chi connectivity index (χ0v) is 13.2. The number of aromatic hydroxyl groups is 2. The van der Waals surface area contributed by atoms with Gasteiger partial charge in [-0.2, -0.15) is 0 Å². The Kier molecular flexibility index (Phi) is 4.26. The Labute approximate surface area is 141 Å². The van der Waals surface area contributed by atoms with Crippen LogP contribution in [0.2, 0.25) is 0 Å². The summed E-state index contributed by atoms with van der Waals surface area (Å²) in [5, 5.41) is 30.0. The highest BCUT2D eigenvalue weighted by Crippen LogP contribution is 2.45.